The number of benzene rings is 10. The van der Waals surface area contributed by atoms with Gasteiger partial charge in [-0.2, -0.15) is 0 Å². The van der Waals surface area contributed by atoms with Gasteiger partial charge in [-0.25, -0.2) is 0 Å². The third-order valence-corrected chi connectivity index (χ3v) is 14.8. The lowest BCUT2D eigenvalue weighted by Gasteiger charge is -2.47. The highest BCUT2D eigenvalue weighted by atomic mass is 16.5. The standard InChI is InChI=1S/C61H40B2N4O2/c1-68-43-34-53-59-54(35-43)66(41-24-10-4-11-25-41)51-37-52-48(36-47(51)62(59)45-29-15-17-31-49(45)64(53)39-20-6-2-7-21-39)63-46-30-16-18-32-50(46)65(40-22-8-3-9-23-40)55-38-57-58(44-28-14-19-33-56(44)69-57)61(60(55)63)67(52)42-26-12-5-13-27-42/h2-38H,1H3. The Morgan fingerprint density at radius 3 is 1.33 bits per heavy atom. The van der Waals surface area contributed by atoms with Crippen LogP contribution in [0, 0.1) is 0 Å². The Hall–Kier alpha value is -8.87. The van der Waals surface area contributed by atoms with Gasteiger partial charge in [-0.3, -0.25) is 0 Å². The van der Waals surface area contributed by atoms with E-state index < -0.39 is 0 Å². The van der Waals surface area contributed by atoms with Crippen LogP contribution >= 0.6 is 0 Å². The Bertz CT molecular complexity index is 3880. The molecule has 69 heavy (non-hydrogen) atoms. The van der Waals surface area contributed by atoms with Gasteiger partial charge in [-0.05, 0) is 106 Å². The van der Waals surface area contributed by atoms with E-state index in [1.807, 2.05) is 0 Å². The van der Waals surface area contributed by atoms with Crippen molar-refractivity contribution in [3.63, 3.8) is 0 Å². The first-order valence-electron chi connectivity index (χ1n) is 23.7. The molecule has 5 heterocycles. The number of methoxy groups -OCH3 is 1. The van der Waals surface area contributed by atoms with Gasteiger partial charge in [0.1, 0.15) is 16.9 Å². The Morgan fingerprint density at radius 1 is 0.348 bits per heavy atom. The molecule has 4 aliphatic rings. The van der Waals surface area contributed by atoms with Gasteiger partial charge in [-0.15, -0.1) is 0 Å². The molecule has 15 rings (SSSR count). The fourth-order valence-electron chi connectivity index (χ4n) is 12.2. The molecule has 0 saturated heterocycles. The number of fused-ring (bicyclic) bond motifs is 12. The highest BCUT2D eigenvalue weighted by Crippen LogP contribution is 2.52. The summed E-state index contributed by atoms with van der Waals surface area (Å²) in [6.07, 6.45) is 0. The maximum Gasteiger partial charge on any atom is 0.252 e. The molecule has 10 aromatic carbocycles. The zero-order valence-electron chi connectivity index (χ0n) is 37.6. The summed E-state index contributed by atoms with van der Waals surface area (Å²) in [5.74, 6) is 0.800. The summed E-state index contributed by atoms with van der Waals surface area (Å²) in [5.41, 5.74) is 22.7. The predicted molar refractivity (Wildman–Crippen MR) is 288 cm³/mol. The summed E-state index contributed by atoms with van der Waals surface area (Å²) in [6, 6.07) is 81.7. The van der Waals surface area contributed by atoms with Crippen LogP contribution in [0.1, 0.15) is 0 Å². The normalized spacial score (nSPS) is 13.7. The first-order valence-corrected chi connectivity index (χ1v) is 23.7. The van der Waals surface area contributed by atoms with Crippen molar-refractivity contribution in [2.45, 2.75) is 0 Å². The number of hydrogen-bond acceptors (Lipinski definition) is 6. The summed E-state index contributed by atoms with van der Waals surface area (Å²) in [4.78, 5) is 9.89. The maximum atomic E-state index is 6.93. The predicted octanol–water partition coefficient (Wildman–Crippen LogP) is 11.8. The minimum absolute atomic E-state index is 0.0941. The number of hydrogen-bond donors (Lipinski definition) is 0. The fourth-order valence-corrected chi connectivity index (χ4v) is 12.2. The first kappa shape index (κ1) is 38.3. The molecule has 0 bridgehead atoms. The molecule has 0 spiro atoms. The molecular formula is C61H40B2N4O2. The molecule has 8 heteroatoms. The van der Waals surface area contributed by atoms with Gasteiger partial charge in [0, 0.05) is 86.1 Å². The van der Waals surface area contributed by atoms with Crippen molar-refractivity contribution < 1.29 is 9.15 Å². The summed E-state index contributed by atoms with van der Waals surface area (Å²) >= 11 is 0. The minimum atomic E-state index is -0.119. The maximum absolute atomic E-state index is 6.93. The highest BCUT2D eigenvalue weighted by Gasteiger charge is 2.49. The van der Waals surface area contributed by atoms with Gasteiger partial charge in [0.2, 0.25) is 0 Å². The van der Waals surface area contributed by atoms with Crippen LogP contribution in [0.2, 0.25) is 0 Å². The van der Waals surface area contributed by atoms with E-state index in [9.17, 15) is 0 Å². The topological polar surface area (TPSA) is 35.3 Å². The molecule has 6 nitrogen and oxygen atoms in total. The van der Waals surface area contributed by atoms with Crippen LogP contribution in [0.25, 0.3) is 21.9 Å². The number of ether oxygens (including phenoxy) is 1. The lowest BCUT2D eigenvalue weighted by molar-refractivity contribution is 0.415. The van der Waals surface area contributed by atoms with Crippen molar-refractivity contribution in [2.24, 2.45) is 0 Å². The zero-order valence-corrected chi connectivity index (χ0v) is 37.6. The van der Waals surface area contributed by atoms with E-state index in [2.05, 4.69) is 244 Å². The van der Waals surface area contributed by atoms with E-state index in [0.29, 0.717) is 0 Å². The van der Waals surface area contributed by atoms with Crippen molar-refractivity contribution >= 4 is 136 Å². The van der Waals surface area contributed by atoms with Crippen LogP contribution in [-0.2, 0) is 0 Å². The van der Waals surface area contributed by atoms with Crippen molar-refractivity contribution in [3.05, 3.63) is 224 Å². The summed E-state index contributed by atoms with van der Waals surface area (Å²) in [7, 11) is 1.78. The zero-order chi connectivity index (χ0) is 45.3. The molecule has 0 amide bonds. The molecule has 0 unspecified atom stereocenters. The van der Waals surface area contributed by atoms with Gasteiger partial charge < -0.3 is 28.8 Å². The second-order valence-electron chi connectivity index (χ2n) is 18.3. The molecule has 4 aliphatic heterocycles. The Morgan fingerprint density at radius 2 is 0.783 bits per heavy atom. The third kappa shape index (κ3) is 5.34. The lowest BCUT2D eigenvalue weighted by Crippen LogP contribution is -2.65. The summed E-state index contributed by atoms with van der Waals surface area (Å²) < 4.78 is 13.2. The van der Waals surface area contributed by atoms with E-state index in [1.165, 1.54) is 32.8 Å². The second kappa shape index (κ2) is 14.6. The summed E-state index contributed by atoms with van der Waals surface area (Å²) in [6.45, 7) is -0.214. The number of nitrogens with zero attached hydrogens (tertiary/aromatic N) is 4. The van der Waals surface area contributed by atoms with Crippen molar-refractivity contribution in [2.75, 3.05) is 26.7 Å². The Labute approximate surface area is 400 Å². The molecule has 0 radical (unpaired) electrons. The number of para-hydroxylation sites is 7. The highest BCUT2D eigenvalue weighted by molar-refractivity contribution is 7.03. The van der Waals surface area contributed by atoms with E-state index in [-0.39, 0.29) is 13.4 Å². The average Bonchev–Trinajstić information content (AvgIpc) is 3.79. The van der Waals surface area contributed by atoms with E-state index in [0.717, 1.165) is 95.9 Å². The van der Waals surface area contributed by atoms with Gasteiger partial charge in [0.25, 0.3) is 13.4 Å². The molecule has 0 N–H and O–H groups in total. The van der Waals surface area contributed by atoms with Gasteiger partial charge in [-0.1, -0.05) is 133 Å². The van der Waals surface area contributed by atoms with Gasteiger partial charge >= 0.3 is 0 Å². The number of furan rings is 1. The van der Waals surface area contributed by atoms with Crippen LogP contribution in [-0.4, -0.2) is 20.5 Å². The Balaban J connectivity index is 1.10. The van der Waals surface area contributed by atoms with E-state index in [4.69, 9.17) is 9.15 Å². The molecule has 1 aromatic heterocycles. The third-order valence-electron chi connectivity index (χ3n) is 14.8. The van der Waals surface area contributed by atoms with Crippen LogP contribution in [0.5, 0.6) is 5.75 Å². The monoisotopic (exact) mass is 882 g/mol. The average molecular weight is 883 g/mol. The lowest BCUT2D eigenvalue weighted by atomic mass is 9.30. The number of rotatable bonds is 5. The van der Waals surface area contributed by atoms with E-state index >= 15 is 0 Å². The molecule has 0 saturated carbocycles. The Kier molecular flexibility index (Phi) is 8.07. The number of anilines is 12. The molecule has 0 aliphatic carbocycles. The SMILES string of the molecule is COc1cc2c3c(c1)N(c1ccccc1)c1cc4c(cc1B3c1ccccc1N2c1ccccc1)B1c2ccccc2N(c2ccccc2)c2cc3oc5ccccc5c3c(c21)N4c1ccccc1. The molecule has 322 valence electrons. The van der Waals surface area contributed by atoms with Gasteiger partial charge in [0.05, 0.1) is 18.2 Å². The van der Waals surface area contributed by atoms with Crippen LogP contribution < -0.4 is 57.1 Å². The largest absolute Gasteiger partial charge is 0.497 e. The molecular weight excluding hydrogens is 842 g/mol. The molecule has 0 fully saturated rings. The summed E-state index contributed by atoms with van der Waals surface area (Å²) in [5, 5.41) is 2.20. The van der Waals surface area contributed by atoms with Crippen LogP contribution in [0.3, 0.4) is 0 Å². The first-order chi connectivity index (χ1) is 34.2. The van der Waals surface area contributed by atoms with E-state index in [1.54, 1.807) is 7.11 Å². The van der Waals surface area contributed by atoms with Crippen molar-refractivity contribution in [1.82, 2.24) is 0 Å². The van der Waals surface area contributed by atoms with Crippen LogP contribution in [0.4, 0.5) is 68.2 Å². The van der Waals surface area contributed by atoms with Crippen molar-refractivity contribution in [1.29, 1.82) is 0 Å². The quantitative estimate of drug-likeness (QED) is 0.160. The molecule has 11 aromatic rings. The second-order valence-corrected chi connectivity index (χ2v) is 18.3. The van der Waals surface area contributed by atoms with Crippen molar-refractivity contribution in [3.8, 4) is 5.75 Å². The minimum Gasteiger partial charge on any atom is -0.497 e. The smallest absolute Gasteiger partial charge is 0.252 e. The molecule has 0 atom stereocenters. The van der Waals surface area contributed by atoms with Crippen LogP contribution in [0.15, 0.2) is 229 Å². The fraction of sp³-hybridized carbons (Fsp3) is 0.0164. The van der Waals surface area contributed by atoms with Gasteiger partial charge in [0.15, 0.2) is 0 Å².